The van der Waals surface area contributed by atoms with Gasteiger partial charge in [0.1, 0.15) is 5.76 Å². The minimum atomic E-state index is -3.83. The zero-order valence-corrected chi connectivity index (χ0v) is 15.7. The number of H-pyrrole nitrogens is 2. The molecule has 10 heteroatoms. The Bertz CT molecular complexity index is 1340. The normalized spacial score (nSPS) is 11.6. The van der Waals surface area contributed by atoms with E-state index in [-0.39, 0.29) is 22.7 Å². The number of furan rings is 1. The van der Waals surface area contributed by atoms with E-state index in [0.29, 0.717) is 22.5 Å². The van der Waals surface area contributed by atoms with Crippen LogP contribution < -0.4 is 15.7 Å². The molecule has 0 aliphatic heterocycles. The third kappa shape index (κ3) is 4.13. The number of fused-ring (bicyclic) bond motifs is 1. The number of sulfonamides is 1. The highest BCUT2D eigenvalue weighted by Gasteiger charge is 2.17. The van der Waals surface area contributed by atoms with E-state index in [2.05, 4.69) is 20.0 Å². The van der Waals surface area contributed by atoms with Gasteiger partial charge in [0, 0.05) is 11.3 Å². The van der Waals surface area contributed by atoms with Crippen molar-refractivity contribution in [3.8, 4) is 0 Å². The number of aromatic nitrogens is 2. The first-order valence-electron chi connectivity index (χ1n) is 8.56. The van der Waals surface area contributed by atoms with Gasteiger partial charge in [0.25, 0.3) is 5.91 Å². The Morgan fingerprint density at radius 1 is 1.00 bits per heavy atom. The topological polar surface area (TPSA) is 137 Å². The lowest BCUT2D eigenvalue weighted by molar-refractivity contribution is 0.102. The van der Waals surface area contributed by atoms with Gasteiger partial charge in [-0.3, -0.25) is 4.79 Å². The van der Waals surface area contributed by atoms with E-state index in [1.165, 1.54) is 30.5 Å². The first-order chi connectivity index (χ1) is 13.9. The van der Waals surface area contributed by atoms with Gasteiger partial charge in [-0.25, -0.2) is 17.9 Å². The molecule has 4 rings (SSSR count). The molecule has 0 saturated carbocycles. The number of carbonyl (C=O) groups excluding carboxylic acids is 1. The van der Waals surface area contributed by atoms with Crippen LogP contribution in [0, 0.1) is 0 Å². The van der Waals surface area contributed by atoms with Crippen LogP contribution in [-0.4, -0.2) is 24.3 Å². The van der Waals surface area contributed by atoms with Crippen LogP contribution in [0.4, 0.5) is 5.69 Å². The molecule has 2 heterocycles. The van der Waals surface area contributed by atoms with E-state index in [0.717, 1.165) is 0 Å². The molecule has 0 saturated heterocycles. The molecule has 2 aromatic carbocycles. The van der Waals surface area contributed by atoms with Crippen molar-refractivity contribution in [3.05, 3.63) is 82.7 Å². The number of carbonyl (C=O) groups is 1. The Kier molecular flexibility index (Phi) is 4.79. The summed E-state index contributed by atoms with van der Waals surface area (Å²) in [5.41, 5.74) is 1.45. The maximum Gasteiger partial charge on any atom is 0.323 e. The third-order valence-electron chi connectivity index (χ3n) is 4.20. The van der Waals surface area contributed by atoms with E-state index < -0.39 is 15.9 Å². The van der Waals surface area contributed by atoms with Crippen molar-refractivity contribution in [2.45, 2.75) is 11.4 Å². The quantitative estimate of drug-likeness (QED) is 0.385. The number of anilines is 1. The minimum absolute atomic E-state index is 0.000634. The fourth-order valence-electron chi connectivity index (χ4n) is 2.78. The molecule has 29 heavy (non-hydrogen) atoms. The van der Waals surface area contributed by atoms with Crippen LogP contribution in [0.15, 0.2) is 75.0 Å². The standard InChI is InChI=1S/C19H16N4O5S/c24-18(21-13-6-7-16-17(10-13)23-19(25)22-16)12-3-1-5-15(9-12)29(26,27)20-11-14-4-2-8-28-14/h1-10,20H,11H2,(H,21,24)(H2,22,23,25). The number of hydrogen-bond donors (Lipinski definition) is 4. The molecule has 2 aromatic heterocycles. The van der Waals surface area contributed by atoms with Gasteiger partial charge >= 0.3 is 5.69 Å². The molecule has 9 nitrogen and oxygen atoms in total. The van der Waals surface area contributed by atoms with Crippen LogP contribution in [0.3, 0.4) is 0 Å². The summed E-state index contributed by atoms with van der Waals surface area (Å²) in [5.74, 6) is -0.00835. The van der Waals surface area contributed by atoms with Crippen LogP contribution in [0.5, 0.6) is 0 Å². The Morgan fingerprint density at radius 3 is 2.62 bits per heavy atom. The lowest BCUT2D eigenvalue weighted by Crippen LogP contribution is -2.23. The van der Waals surface area contributed by atoms with Crippen molar-refractivity contribution in [2.75, 3.05) is 5.32 Å². The molecule has 0 bridgehead atoms. The molecule has 4 N–H and O–H groups in total. The average molecular weight is 412 g/mol. The highest BCUT2D eigenvalue weighted by atomic mass is 32.2. The number of benzene rings is 2. The van der Waals surface area contributed by atoms with Crippen molar-refractivity contribution in [1.29, 1.82) is 0 Å². The number of aromatic amines is 2. The SMILES string of the molecule is O=C(Nc1ccc2[nH]c(=O)[nH]c2c1)c1cccc(S(=O)(=O)NCc2ccco2)c1. The van der Waals surface area contributed by atoms with Crippen LogP contribution in [0.1, 0.15) is 16.1 Å². The van der Waals surface area contributed by atoms with E-state index in [1.54, 1.807) is 30.3 Å². The molecule has 0 atom stereocenters. The van der Waals surface area contributed by atoms with Gasteiger partial charge in [-0.15, -0.1) is 0 Å². The van der Waals surface area contributed by atoms with Gasteiger partial charge in [0.2, 0.25) is 10.0 Å². The molecule has 4 aromatic rings. The molecule has 0 aliphatic carbocycles. The maximum absolute atomic E-state index is 12.6. The predicted octanol–water partition coefficient (Wildman–Crippen LogP) is 2.18. The molecule has 148 valence electrons. The summed E-state index contributed by atoms with van der Waals surface area (Å²) in [5, 5.41) is 2.69. The number of rotatable bonds is 6. The first kappa shape index (κ1) is 18.7. The van der Waals surface area contributed by atoms with Gasteiger partial charge < -0.3 is 19.7 Å². The van der Waals surface area contributed by atoms with Crippen LogP contribution in [0.25, 0.3) is 11.0 Å². The number of imidazole rings is 1. The molecule has 0 unspecified atom stereocenters. The monoisotopic (exact) mass is 412 g/mol. The van der Waals surface area contributed by atoms with Crippen LogP contribution in [-0.2, 0) is 16.6 Å². The number of hydrogen-bond acceptors (Lipinski definition) is 5. The zero-order valence-electron chi connectivity index (χ0n) is 14.9. The summed E-state index contributed by atoms with van der Waals surface area (Å²) in [7, 11) is -3.83. The second-order valence-corrected chi connectivity index (χ2v) is 7.99. The van der Waals surface area contributed by atoms with Crippen LogP contribution in [0.2, 0.25) is 0 Å². The Balaban J connectivity index is 1.52. The van der Waals surface area contributed by atoms with Gasteiger partial charge in [0.15, 0.2) is 0 Å². The molecule has 1 amide bonds. The summed E-state index contributed by atoms with van der Waals surface area (Å²) in [6, 6.07) is 13.9. The minimum Gasteiger partial charge on any atom is -0.468 e. The summed E-state index contributed by atoms with van der Waals surface area (Å²) < 4.78 is 32.5. The van der Waals surface area contributed by atoms with E-state index in [9.17, 15) is 18.0 Å². The summed E-state index contributed by atoms with van der Waals surface area (Å²) in [6.07, 6.45) is 1.45. The second-order valence-electron chi connectivity index (χ2n) is 6.23. The van der Waals surface area contributed by atoms with Gasteiger partial charge in [-0.2, -0.15) is 0 Å². The molecule has 0 aliphatic rings. The fourth-order valence-corrected chi connectivity index (χ4v) is 3.82. The Labute approximate surface area is 164 Å². The van der Waals surface area contributed by atoms with E-state index >= 15 is 0 Å². The highest BCUT2D eigenvalue weighted by Crippen LogP contribution is 2.17. The fraction of sp³-hybridized carbons (Fsp3) is 0.0526. The predicted molar refractivity (Wildman–Crippen MR) is 106 cm³/mol. The number of amides is 1. The highest BCUT2D eigenvalue weighted by molar-refractivity contribution is 7.89. The maximum atomic E-state index is 12.6. The van der Waals surface area contributed by atoms with Gasteiger partial charge in [-0.1, -0.05) is 6.07 Å². The smallest absolute Gasteiger partial charge is 0.323 e. The van der Waals surface area contributed by atoms with E-state index in [4.69, 9.17) is 4.42 Å². The molecule has 0 radical (unpaired) electrons. The second kappa shape index (κ2) is 7.41. The Hall–Kier alpha value is -3.63. The average Bonchev–Trinajstić information content (AvgIpc) is 3.35. The Morgan fingerprint density at radius 2 is 1.83 bits per heavy atom. The summed E-state index contributed by atoms with van der Waals surface area (Å²) in [6.45, 7) is 0.000634. The largest absolute Gasteiger partial charge is 0.468 e. The van der Waals surface area contributed by atoms with Gasteiger partial charge in [0.05, 0.1) is 28.7 Å². The van der Waals surface area contributed by atoms with Crippen LogP contribution >= 0.6 is 0 Å². The molecule has 0 fully saturated rings. The molecule has 0 spiro atoms. The zero-order chi connectivity index (χ0) is 20.4. The molecular weight excluding hydrogens is 396 g/mol. The lowest BCUT2D eigenvalue weighted by Gasteiger charge is -2.09. The van der Waals surface area contributed by atoms with Crippen molar-refractivity contribution >= 4 is 32.7 Å². The summed E-state index contributed by atoms with van der Waals surface area (Å²) in [4.78, 5) is 29.1. The van der Waals surface area contributed by atoms with Crippen molar-refractivity contribution < 1.29 is 17.6 Å². The molecular formula is C19H16N4O5S. The van der Waals surface area contributed by atoms with Crippen molar-refractivity contribution in [2.24, 2.45) is 0 Å². The van der Waals surface area contributed by atoms with Crippen molar-refractivity contribution in [1.82, 2.24) is 14.7 Å². The third-order valence-corrected chi connectivity index (χ3v) is 5.60. The first-order valence-corrected chi connectivity index (χ1v) is 10.0. The number of nitrogens with one attached hydrogen (secondary N) is 4. The lowest BCUT2D eigenvalue weighted by atomic mass is 10.2. The van der Waals surface area contributed by atoms with E-state index in [1.807, 2.05) is 0 Å². The van der Waals surface area contributed by atoms with Crippen molar-refractivity contribution in [3.63, 3.8) is 0 Å². The summed E-state index contributed by atoms with van der Waals surface area (Å²) >= 11 is 0. The van der Waals surface area contributed by atoms with Gasteiger partial charge in [-0.05, 0) is 48.5 Å².